The molecular formula is C24H30F3NO2. The molecule has 1 unspecified atom stereocenters. The van der Waals surface area contributed by atoms with Gasteiger partial charge in [-0.1, -0.05) is 69.3 Å². The lowest BCUT2D eigenvalue weighted by Gasteiger charge is -2.38. The van der Waals surface area contributed by atoms with Gasteiger partial charge in [-0.2, -0.15) is 13.2 Å². The van der Waals surface area contributed by atoms with Crippen LogP contribution in [0.5, 0.6) is 5.75 Å². The molecular weight excluding hydrogens is 391 g/mol. The van der Waals surface area contributed by atoms with Crippen molar-refractivity contribution in [1.82, 2.24) is 0 Å². The fraction of sp³-hybridized carbons (Fsp3) is 0.417. The highest BCUT2D eigenvalue weighted by Crippen LogP contribution is 2.46. The largest absolute Gasteiger partial charge is 0.496 e. The second-order valence-corrected chi connectivity index (χ2v) is 8.25. The Labute approximate surface area is 176 Å². The standard InChI is InChI=1S/C24H30F3NO2/c1-5-18-12-9-13-20(21(18)30-4)22(2,3)16-23(29,24(25,26)27)15-19(28)14-17-10-7-6-8-11-17/h6-14,29H,5,15-16,28H2,1-4H3/b19-14-. The fourth-order valence-electron chi connectivity index (χ4n) is 3.88. The summed E-state index contributed by atoms with van der Waals surface area (Å²) in [6.45, 7) is 5.31. The van der Waals surface area contributed by atoms with Crippen LogP contribution in [0.1, 0.15) is 50.3 Å². The Bertz CT molecular complexity index is 876. The fourth-order valence-corrected chi connectivity index (χ4v) is 3.88. The summed E-state index contributed by atoms with van der Waals surface area (Å²) in [6, 6.07) is 14.3. The van der Waals surface area contributed by atoms with Crippen LogP contribution in [0.2, 0.25) is 0 Å². The normalized spacial score (nSPS) is 15.0. The van der Waals surface area contributed by atoms with E-state index in [9.17, 15) is 18.3 Å². The van der Waals surface area contributed by atoms with Crippen LogP contribution in [0, 0.1) is 0 Å². The zero-order chi connectivity index (χ0) is 22.6. The van der Waals surface area contributed by atoms with Crippen molar-refractivity contribution < 1.29 is 23.0 Å². The quantitative estimate of drug-likeness (QED) is 0.583. The average molecular weight is 422 g/mol. The van der Waals surface area contributed by atoms with Crippen molar-refractivity contribution in [3.05, 3.63) is 70.9 Å². The number of methoxy groups -OCH3 is 1. The summed E-state index contributed by atoms with van der Waals surface area (Å²) >= 11 is 0. The van der Waals surface area contributed by atoms with E-state index >= 15 is 0 Å². The molecule has 1 atom stereocenters. The summed E-state index contributed by atoms with van der Waals surface area (Å²) in [4.78, 5) is 0. The summed E-state index contributed by atoms with van der Waals surface area (Å²) < 4.78 is 47.6. The van der Waals surface area contributed by atoms with Crippen molar-refractivity contribution in [2.45, 2.75) is 57.2 Å². The van der Waals surface area contributed by atoms with Gasteiger partial charge in [-0.3, -0.25) is 0 Å². The summed E-state index contributed by atoms with van der Waals surface area (Å²) in [5.41, 5.74) is 4.09. The Kier molecular flexibility index (Phi) is 7.24. The number of aryl methyl sites for hydroxylation is 1. The van der Waals surface area contributed by atoms with Crippen LogP contribution >= 0.6 is 0 Å². The number of rotatable bonds is 8. The maximum absolute atomic E-state index is 14.0. The van der Waals surface area contributed by atoms with Gasteiger partial charge >= 0.3 is 6.18 Å². The lowest BCUT2D eigenvalue weighted by Crippen LogP contribution is -2.50. The monoisotopic (exact) mass is 421 g/mol. The van der Waals surface area contributed by atoms with Crippen LogP contribution < -0.4 is 10.5 Å². The maximum Gasteiger partial charge on any atom is 0.417 e. The molecule has 3 nitrogen and oxygen atoms in total. The highest BCUT2D eigenvalue weighted by atomic mass is 19.4. The third-order valence-electron chi connectivity index (χ3n) is 5.32. The number of alkyl halides is 3. The molecule has 0 aliphatic heterocycles. The van der Waals surface area contributed by atoms with Crippen molar-refractivity contribution in [1.29, 1.82) is 0 Å². The van der Waals surface area contributed by atoms with Gasteiger partial charge in [0.15, 0.2) is 5.60 Å². The zero-order valence-corrected chi connectivity index (χ0v) is 17.9. The molecule has 0 fully saturated rings. The molecule has 2 aromatic rings. The molecule has 0 aliphatic carbocycles. The van der Waals surface area contributed by atoms with E-state index in [4.69, 9.17) is 10.5 Å². The van der Waals surface area contributed by atoms with E-state index in [0.29, 0.717) is 23.3 Å². The molecule has 0 aliphatic rings. The van der Waals surface area contributed by atoms with Crippen LogP contribution in [-0.2, 0) is 11.8 Å². The molecule has 30 heavy (non-hydrogen) atoms. The third kappa shape index (κ3) is 5.36. The van der Waals surface area contributed by atoms with Crippen LogP contribution in [0.3, 0.4) is 0 Å². The number of para-hydroxylation sites is 1. The van der Waals surface area contributed by atoms with E-state index in [1.54, 1.807) is 56.3 Å². The molecule has 0 saturated heterocycles. The molecule has 3 N–H and O–H groups in total. The van der Waals surface area contributed by atoms with E-state index in [0.717, 1.165) is 5.56 Å². The SMILES string of the molecule is CCc1cccc(C(C)(C)CC(O)(C/C(N)=C/c2ccccc2)C(F)(F)F)c1OC. The Hall–Kier alpha value is -2.47. The minimum atomic E-state index is -4.85. The summed E-state index contributed by atoms with van der Waals surface area (Å²) in [7, 11) is 1.50. The highest BCUT2D eigenvalue weighted by molar-refractivity contribution is 5.52. The molecule has 0 bridgehead atoms. The van der Waals surface area contributed by atoms with Crippen molar-refractivity contribution in [2.24, 2.45) is 5.73 Å². The van der Waals surface area contributed by atoms with Crippen LogP contribution in [0.4, 0.5) is 13.2 Å². The average Bonchev–Trinajstić information content (AvgIpc) is 2.66. The van der Waals surface area contributed by atoms with Gasteiger partial charge in [0.05, 0.1) is 7.11 Å². The maximum atomic E-state index is 14.0. The van der Waals surface area contributed by atoms with Crippen molar-refractivity contribution in [3.63, 3.8) is 0 Å². The second kappa shape index (κ2) is 9.13. The number of nitrogens with two attached hydrogens (primary N) is 1. The third-order valence-corrected chi connectivity index (χ3v) is 5.32. The molecule has 2 rings (SSSR count). The number of ether oxygens (including phenoxy) is 1. The highest BCUT2D eigenvalue weighted by Gasteiger charge is 2.56. The molecule has 0 aromatic heterocycles. The molecule has 0 amide bonds. The van der Waals surface area contributed by atoms with Crippen LogP contribution in [-0.4, -0.2) is 24.0 Å². The lowest BCUT2D eigenvalue weighted by molar-refractivity contribution is -0.266. The van der Waals surface area contributed by atoms with Gasteiger partial charge in [-0.25, -0.2) is 0 Å². The zero-order valence-electron chi connectivity index (χ0n) is 17.9. The van der Waals surface area contributed by atoms with Crippen LogP contribution in [0.25, 0.3) is 6.08 Å². The van der Waals surface area contributed by atoms with E-state index in [-0.39, 0.29) is 5.70 Å². The minimum Gasteiger partial charge on any atom is -0.496 e. The van der Waals surface area contributed by atoms with Crippen molar-refractivity contribution in [3.8, 4) is 5.75 Å². The summed E-state index contributed by atoms with van der Waals surface area (Å²) in [6.07, 6.45) is -3.98. The molecule has 0 heterocycles. The van der Waals surface area contributed by atoms with Gasteiger partial charge in [-0.15, -0.1) is 0 Å². The Morgan fingerprint density at radius 2 is 1.70 bits per heavy atom. The van der Waals surface area contributed by atoms with Gasteiger partial charge in [0.25, 0.3) is 0 Å². The van der Waals surface area contributed by atoms with Crippen molar-refractivity contribution in [2.75, 3.05) is 7.11 Å². The molecule has 164 valence electrons. The Balaban J connectivity index is 2.42. The number of hydrogen-bond acceptors (Lipinski definition) is 3. The van der Waals surface area contributed by atoms with E-state index in [1.165, 1.54) is 13.2 Å². The van der Waals surface area contributed by atoms with Gasteiger partial charge in [-0.05, 0) is 35.5 Å². The predicted molar refractivity (Wildman–Crippen MR) is 114 cm³/mol. The molecule has 0 saturated carbocycles. The second-order valence-electron chi connectivity index (χ2n) is 8.25. The molecule has 6 heteroatoms. The van der Waals surface area contributed by atoms with E-state index < -0.39 is 30.0 Å². The van der Waals surface area contributed by atoms with Gasteiger partial charge in [0.1, 0.15) is 5.75 Å². The first-order chi connectivity index (χ1) is 13.9. The topological polar surface area (TPSA) is 55.5 Å². The number of halogens is 3. The lowest BCUT2D eigenvalue weighted by atomic mass is 9.72. The molecule has 0 spiro atoms. The summed E-state index contributed by atoms with van der Waals surface area (Å²) in [5, 5.41) is 10.8. The first kappa shape index (κ1) is 23.8. The predicted octanol–water partition coefficient (Wildman–Crippen LogP) is 5.61. The minimum absolute atomic E-state index is 0.0360. The first-order valence-corrected chi connectivity index (χ1v) is 9.90. The first-order valence-electron chi connectivity index (χ1n) is 9.90. The molecule has 0 radical (unpaired) electrons. The van der Waals surface area contributed by atoms with Crippen LogP contribution in [0.15, 0.2) is 54.2 Å². The molecule has 2 aromatic carbocycles. The Morgan fingerprint density at radius 3 is 2.23 bits per heavy atom. The smallest absolute Gasteiger partial charge is 0.417 e. The number of aliphatic hydroxyl groups is 1. The Morgan fingerprint density at radius 1 is 1.07 bits per heavy atom. The van der Waals surface area contributed by atoms with E-state index in [1.807, 2.05) is 13.0 Å². The number of benzene rings is 2. The van der Waals surface area contributed by atoms with Gasteiger partial charge in [0, 0.05) is 17.7 Å². The van der Waals surface area contributed by atoms with E-state index in [2.05, 4.69) is 0 Å². The van der Waals surface area contributed by atoms with Crippen molar-refractivity contribution >= 4 is 6.08 Å². The van der Waals surface area contributed by atoms with Gasteiger partial charge in [0.2, 0.25) is 0 Å². The van der Waals surface area contributed by atoms with Gasteiger partial charge < -0.3 is 15.6 Å². The summed E-state index contributed by atoms with van der Waals surface area (Å²) in [5.74, 6) is 0.558. The number of hydrogen-bond donors (Lipinski definition) is 2.